The Morgan fingerprint density at radius 2 is 2.12 bits per heavy atom. The second-order valence-electron chi connectivity index (χ2n) is 3.77. The van der Waals surface area contributed by atoms with E-state index in [0.29, 0.717) is 0 Å². The molecule has 1 aliphatic heterocycles. The van der Waals surface area contributed by atoms with Gasteiger partial charge in [0, 0.05) is 6.20 Å². The van der Waals surface area contributed by atoms with E-state index in [9.17, 15) is 15.0 Å². The molecule has 0 amide bonds. The topological polar surface area (TPSA) is 98.3 Å². The number of hydrogen-bond donors (Lipinski definition) is 4. The Bertz CT molecular complexity index is 497. The summed E-state index contributed by atoms with van der Waals surface area (Å²) in [6.07, 6.45) is -2.06. The molecule has 16 heavy (non-hydrogen) atoms. The van der Waals surface area contributed by atoms with E-state index < -0.39 is 30.0 Å². The Balaban J connectivity index is 2.39. The third-order valence-electron chi connectivity index (χ3n) is 2.66. The number of aromatic nitrogens is 2. The average molecular weight is 244 g/mol. The molecule has 2 rings (SSSR count). The average Bonchev–Trinajstić information content (AvgIpc) is 2.46. The van der Waals surface area contributed by atoms with Crippen molar-refractivity contribution >= 4 is 12.2 Å². The Labute approximate surface area is 95.9 Å². The molecule has 0 saturated carbocycles. The quantitative estimate of drug-likeness (QED) is 0.504. The van der Waals surface area contributed by atoms with Gasteiger partial charge in [0.25, 0.3) is 5.56 Å². The third kappa shape index (κ3) is 1.82. The lowest BCUT2D eigenvalue weighted by molar-refractivity contribution is 0.0140. The zero-order chi connectivity index (χ0) is 11.9. The van der Waals surface area contributed by atoms with Gasteiger partial charge in [0.15, 0.2) is 4.77 Å². The summed E-state index contributed by atoms with van der Waals surface area (Å²) in [5.41, 5.74) is -0.196. The van der Waals surface area contributed by atoms with Gasteiger partial charge in [0.2, 0.25) is 0 Å². The Hall–Kier alpha value is -1.02. The van der Waals surface area contributed by atoms with Crippen LogP contribution in [-0.2, 0) is 4.74 Å². The van der Waals surface area contributed by atoms with Crippen molar-refractivity contribution < 1.29 is 14.9 Å². The monoisotopic (exact) mass is 244 g/mol. The Kier molecular flexibility index (Phi) is 2.94. The number of aliphatic hydroxyl groups is 2. The summed E-state index contributed by atoms with van der Waals surface area (Å²) in [5.74, 6) is 0. The Morgan fingerprint density at radius 1 is 1.44 bits per heavy atom. The van der Waals surface area contributed by atoms with Crippen molar-refractivity contribution in [2.75, 3.05) is 0 Å². The third-order valence-corrected chi connectivity index (χ3v) is 2.88. The summed E-state index contributed by atoms with van der Waals surface area (Å²) in [5, 5.41) is 19.2. The molecule has 88 valence electrons. The maximum atomic E-state index is 11.6. The number of rotatable bonds is 1. The molecule has 4 atom stereocenters. The van der Waals surface area contributed by atoms with E-state index in [1.54, 1.807) is 6.92 Å². The minimum atomic E-state index is -1.11. The van der Waals surface area contributed by atoms with Gasteiger partial charge in [-0.2, -0.15) is 0 Å². The molecule has 0 spiro atoms. The largest absolute Gasteiger partial charge is 0.388 e. The molecule has 1 aromatic rings. The van der Waals surface area contributed by atoms with E-state index in [4.69, 9.17) is 17.0 Å². The Morgan fingerprint density at radius 3 is 2.62 bits per heavy atom. The number of aliphatic hydroxyl groups excluding tert-OH is 2. The second kappa shape index (κ2) is 4.10. The van der Waals surface area contributed by atoms with Crippen LogP contribution in [0, 0.1) is 4.77 Å². The number of ether oxygens (including phenoxy) is 1. The summed E-state index contributed by atoms with van der Waals surface area (Å²) in [6.45, 7) is 1.63. The highest BCUT2D eigenvalue weighted by Gasteiger charge is 2.42. The highest BCUT2D eigenvalue weighted by Crippen LogP contribution is 2.31. The van der Waals surface area contributed by atoms with Gasteiger partial charge in [-0.25, -0.2) is 0 Å². The van der Waals surface area contributed by atoms with Crippen LogP contribution in [0.2, 0.25) is 0 Å². The number of nitrogens with one attached hydrogen (secondary N) is 2. The van der Waals surface area contributed by atoms with Crippen molar-refractivity contribution in [3.05, 3.63) is 26.9 Å². The highest BCUT2D eigenvalue weighted by atomic mass is 32.1. The first-order chi connectivity index (χ1) is 7.50. The van der Waals surface area contributed by atoms with E-state index in [0.717, 1.165) is 0 Å². The van der Waals surface area contributed by atoms with Crippen LogP contribution < -0.4 is 5.56 Å². The summed E-state index contributed by atoms with van der Waals surface area (Å²) in [6, 6.07) is 0. The molecular weight excluding hydrogens is 232 g/mol. The van der Waals surface area contributed by atoms with Gasteiger partial charge in [0.1, 0.15) is 18.3 Å². The van der Waals surface area contributed by atoms with Gasteiger partial charge in [-0.05, 0) is 19.1 Å². The van der Waals surface area contributed by atoms with E-state index in [-0.39, 0.29) is 10.3 Å². The van der Waals surface area contributed by atoms with E-state index in [2.05, 4.69) is 9.97 Å². The molecule has 4 N–H and O–H groups in total. The predicted octanol–water partition coefficient (Wildman–Crippen LogP) is -0.386. The van der Waals surface area contributed by atoms with Gasteiger partial charge in [0.05, 0.1) is 11.7 Å². The second-order valence-corrected chi connectivity index (χ2v) is 4.18. The lowest BCUT2D eigenvalue weighted by Crippen LogP contribution is -2.30. The maximum Gasteiger partial charge on any atom is 0.257 e. The molecule has 0 unspecified atom stereocenters. The van der Waals surface area contributed by atoms with Crippen molar-refractivity contribution in [3.8, 4) is 0 Å². The van der Waals surface area contributed by atoms with Crippen LogP contribution in [0.25, 0.3) is 0 Å². The van der Waals surface area contributed by atoms with Gasteiger partial charge in [-0.1, -0.05) is 0 Å². The molecule has 2 heterocycles. The van der Waals surface area contributed by atoms with Crippen LogP contribution in [0.3, 0.4) is 0 Å². The number of H-pyrrole nitrogens is 2. The zero-order valence-electron chi connectivity index (χ0n) is 8.51. The van der Waals surface area contributed by atoms with Crippen LogP contribution in [0.5, 0.6) is 0 Å². The van der Waals surface area contributed by atoms with Crippen LogP contribution >= 0.6 is 12.2 Å². The van der Waals surface area contributed by atoms with Crippen LogP contribution in [-0.4, -0.2) is 38.5 Å². The van der Waals surface area contributed by atoms with Gasteiger partial charge in [-0.3, -0.25) is 9.78 Å². The van der Waals surface area contributed by atoms with Crippen LogP contribution in [0.1, 0.15) is 18.6 Å². The molecule has 0 aliphatic carbocycles. The lowest BCUT2D eigenvalue weighted by atomic mass is 10.0. The molecule has 1 aliphatic rings. The molecule has 6 nitrogen and oxygen atoms in total. The summed E-state index contributed by atoms with van der Waals surface area (Å²) in [7, 11) is 0. The predicted molar refractivity (Wildman–Crippen MR) is 57.5 cm³/mol. The fraction of sp³-hybridized carbons (Fsp3) is 0.556. The van der Waals surface area contributed by atoms with E-state index in [1.807, 2.05) is 0 Å². The SMILES string of the molecule is C[C@H]1O[C@@H](c2c[nH]c(=S)[nH]c2=O)[C@H](O)[C@@H]1O. The van der Waals surface area contributed by atoms with Gasteiger partial charge in [-0.15, -0.1) is 0 Å². The van der Waals surface area contributed by atoms with Crippen molar-refractivity contribution in [2.24, 2.45) is 0 Å². The molecule has 1 fully saturated rings. The zero-order valence-corrected chi connectivity index (χ0v) is 9.32. The van der Waals surface area contributed by atoms with Crippen molar-refractivity contribution in [1.82, 2.24) is 9.97 Å². The van der Waals surface area contributed by atoms with Gasteiger partial charge >= 0.3 is 0 Å². The van der Waals surface area contributed by atoms with Crippen LogP contribution in [0.15, 0.2) is 11.0 Å². The molecule has 1 aromatic heterocycles. The van der Waals surface area contributed by atoms with Crippen molar-refractivity contribution in [3.63, 3.8) is 0 Å². The molecule has 1 saturated heterocycles. The normalized spacial score (nSPS) is 34.2. The van der Waals surface area contributed by atoms with E-state index >= 15 is 0 Å². The molecule has 0 aromatic carbocycles. The lowest BCUT2D eigenvalue weighted by Gasteiger charge is -2.13. The molecule has 0 bridgehead atoms. The first-order valence-electron chi connectivity index (χ1n) is 4.84. The highest BCUT2D eigenvalue weighted by molar-refractivity contribution is 7.71. The molecular formula is C9H12N2O4S. The summed E-state index contributed by atoms with van der Waals surface area (Å²) in [4.78, 5) is 16.6. The molecule has 7 heteroatoms. The number of hydrogen-bond acceptors (Lipinski definition) is 5. The standard InChI is InChI=1S/C9H12N2O4S/c1-3-5(12)6(13)7(15-3)4-2-10-9(16)11-8(4)14/h2-3,5-7,12-13H,1H3,(H2,10,11,14,16)/t3-,5-,6-,7+/m1/s1. The van der Waals surface area contributed by atoms with Crippen LogP contribution in [0.4, 0.5) is 0 Å². The first-order valence-corrected chi connectivity index (χ1v) is 5.25. The number of aromatic amines is 2. The smallest absolute Gasteiger partial charge is 0.257 e. The molecule has 0 radical (unpaired) electrons. The fourth-order valence-corrected chi connectivity index (χ4v) is 1.89. The maximum absolute atomic E-state index is 11.6. The summed E-state index contributed by atoms with van der Waals surface area (Å²) < 4.78 is 5.52. The summed E-state index contributed by atoms with van der Waals surface area (Å²) >= 11 is 4.75. The van der Waals surface area contributed by atoms with E-state index in [1.165, 1.54) is 6.20 Å². The first kappa shape index (κ1) is 11.5. The van der Waals surface area contributed by atoms with Crippen molar-refractivity contribution in [1.29, 1.82) is 0 Å². The van der Waals surface area contributed by atoms with Gasteiger partial charge < -0.3 is 19.9 Å². The minimum Gasteiger partial charge on any atom is -0.388 e. The minimum absolute atomic E-state index is 0.204. The van der Waals surface area contributed by atoms with Crippen molar-refractivity contribution in [2.45, 2.75) is 31.3 Å². The fourth-order valence-electron chi connectivity index (χ4n) is 1.74.